The van der Waals surface area contributed by atoms with Gasteiger partial charge in [0, 0.05) is 22.5 Å². The fraction of sp³-hybridized carbons (Fsp3) is 0.105. The number of phenols is 1. The van der Waals surface area contributed by atoms with Gasteiger partial charge in [0.2, 0.25) is 0 Å². The Morgan fingerprint density at radius 2 is 1.48 bits per heavy atom. The van der Waals surface area contributed by atoms with Crippen molar-refractivity contribution in [3.05, 3.63) is 72.1 Å². The third kappa shape index (κ3) is 2.65. The smallest absolute Gasteiger partial charge is 0.124 e. The highest BCUT2D eigenvalue weighted by Crippen LogP contribution is 2.34. The zero-order chi connectivity index (χ0) is 14.8. The summed E-state index contributed by atoms with van der Waals surface area (Å²) in [5, 5.41) is 10.4. The highest BCUT2D eigenvalue weighted by molar-refractivity contribution is 5.77. The summed E-state index contributed by atoms with van der Waals surface area (Å²) in [6, 6.07) is 19.8. The van der Waals surface area contributed by atoms with E-state index in [0.717, 1.165) is 33.6 Å². The Morgan fingerprint density at radius 1 is 0.762 bits per heavy atom. The van der Waals surface area contributed by atoms with Gasteiger partial charge in [0.25, 0.3) is 0 Å². The van der Waals surface area contributed by atoms with Gasteiger partial charge in [0.05, 0.1) is 0 Å². The maximum absolute atomic E-state index is 10.4. The molecule has 2 heteroatoms. The van der Waals surface area contributed by atoms with Crippen LogP contribution < -0.4 is 0 Å². The topological polar surface area (TPSA) is 33.1 Å². The van der Waals surface area contributed by atoms with E-state index >= 15 is 0 Å². The molecule has 2 nitrogen and oxygen atoms in total. The first-order valence-corrected chi connectivity index (χ1v) is 6.98. The number of aromatic hydroxyl groups is 1. The van der Waals surface area contributed by atoms with Gasteiger partial charge < -0.3 is 5.11 Å². The van der Waals surface area contributed by atoms with Crippen molar-refractivity contribution in [1.82, 2.24) is 4.98 Å². The van der Waals surface area contributed by atoms with Crippen molar-refractivity contribution in [2.24, 2.45) is 0 Å². The highest BCUT2D eigenvalue weighted by atomic mass is 16.3. The molecule has 0 bridgehead atoms. The van der Waals surface area contributed by atoms with E-state index in [-0.39, 0.29) is 5.75 Å². The summed E-state index contributed by atoms with van der Waals surface area (Å²) in [7, 11) is 0. The number of hydrogen-bond acceptors (Lipinski definition) is 2. The Balaban J connectivity index is 2.06. The summed E-state index contributed by atoms with van der Waals surface area (Å²) in [4.78, 5) is 4.46. The van der Waals surface area contributed by atoms with Crippen molar-refractivity contribution in [3.63, 3.8) is 0 Å². The summed E-state index contributed by atoms with van der Waals surface area (Å²) in [6.45, 7) is 3.93. The number of aryl methyl sites for hydroxylation is 2. The zero-order valence-electron chi connectivity index (χ0n) is 12.2. The van der Waals surface area contributed by atoms with Gasteiger partial charge in [0.1, 0.15) is 5.75 Å². The lowest BCUT2D eigenvalue weighted by Crippen LogP contribution is -1.91. The Hall–Kier alpha value is -2.61. The van der Waals surface area contributed by atoms with Gasteiger partial charge in [-0.25, -0.2) is 0 Å². The van der Waals surface area contributed by atoms with Crippen LogP contribution in [0.4, 0.5) is 0 Å². The molecule has 0 saturated heterocycles. The van der Waals surface area contributed by atoms with Crippen LogP contribution >= 0.6 is 0 Å². The molecule has 0 unspecified atom stereocenters. The van der Waals surface area contributed by atoms with E-state index in [1.165, 1.54) is 0 Å². The summed E-state index contributed by atoms with van der Waals surface area (Å²) in [5.74, 6) is 0.283. The molecular weight excluding hydrogens is 258 g/mol. The van der Waals surface area contributed by atoms with Gasteiger partial charge in [-0.1, -0.05) is 42.5 Å². The molecule has 1 heterocycles. The molecule has 0 aliphatic heterocycles. The third-order valence-corrected chi connectivity index (χ3v) is 3.62. The van der Waals surface area contributed by atoms with Crippen molar-refractivity contribution in [2.45, 2.75) is 13.8 Å². The Bertz CT molecular complexity index is 779. The number of benzene rings is 2. The predicted octanol–water partition coefficient (Wildman–Crippen LogP) is 4.74. The van der Waals surface area contributed by atoms with E-state index < -0.39 is 0 Å². The molecule has 0 fully saturated rings. The Kier molecular flexibility index (Phi) is 3.44. The van der Waals surface area contributed by atoms with Crippen LogP contribution in [0.1, 0.15) is 11.4 Å². The van der Waals surface area contributed by atoms with E-state index in [0.29, 0.717) is 0 Å². The first-order valence-electron chi connectivity index (χ1n) is 6.98. The number of pyridine rings is 1. The zero-order valence-corrected chi connectivity index (χ0v) is 12.2. The van der Waals surface area contributed by atoms with Crippen LogP contribution in [-0.4, -0.2) is 10.1 Å². The van der Waals surface area contributed by atoms with Gasteiger partial charge in [0.15, 0.2) is 0 Å². The van der Waals surface area contributed by atoms with Crippen molar-refractivity contribution < 1.29 is 5.11 Å². The fourth-order valence-electron chi connectivity index (χ4n) is 2.54. The maximum atomic E-state index is 10.4. The number of rotatable bonds is 2. The summed E-state index contributed by atoms with van der Waals surface area (Å²) in [5.41, 5.74) is 5.81. The van der Waals surface area contributed by atoms with Crippen molar-refractivity contribution in [2.75, 3.05) is 0 Å². The summed E-state index contributed by atoms with van der Waals surface area (Å²) >= 11 is 0. The largest absolute Gasteiger partial charge is 0.507 e. The lowest BCUT2D eigenvalue weighted by atomic mass is 9.98. The second-order valence-electron chi connectivity index (χ2n) is 5.18. The van der Waals surface area contributed by atoms with Gasteiger partial charge in [-0.05, 0) is 43.2 Å². The molecule has 21 heavy (non-hydrogen) atoms. The van der Waals surface area contributed by atoms with Crippen molar-refractivity contribution in [1.29, 1.82) is 0 Å². The fourth-order valence-corrected chi connectivity index (χ4v) is 2.54. The molecule has 0 radical (unpaired) electrons. The van der Waals surface area contributed by atoms with E-state index in [4.69, 9.17) is 0 Å². The third-order valence-electron chi connectivity index (χ3n) is 3.62. The summed E-state index contributed by atoms with van der Waals surface area (Å²) < 4.78 is 0. The van der Waals surface area contributed by atoms with Crippen LogP contribution in [0.25, 0.3) is 22.3 Å². The monoisotopic (exact) mass is 275 g/mol. The first-order chi connectivity index (χ1) is 10.1. The lowest BCUT2D eigenvalue weighted by molar-refractivity contribution is 0.477. The molecule has 0 atom stereocenters. The van der Waals surface area contributed by atoms with Crippen molar-refractivity contribution >= 4 is 0 Å². The van der Waals surface area contributed by atoms with Crippen LogP contribution in [-0.2, 0) is 0 Å². The number of hydrogen-bond donors (Lipinski definition) is 1. The van der Waals surface area contributed by atoms with Gasteiger partial charge in [-0.2, -0.15) is 0 Å². The average Bonchev–Trinajstić information content (AvgIpc) is 2.49. The van der Waals surface area contributed by atoms with E-state index in [9.17, 15) is 5.11 Å². The molecule has 3 rings (SSSR count). The van der Waals surface area contributed by atoms with Gasteiger partial charge >= 0.3 is 0 Å². The quantitative estimate of drug-likeness (QED) is 0.733. The van der Waals surface area contributed by atoms with E-state index in [1.54, 1.807) is 0 Å². The molecule has 1 N–H and O–H groups in total. The van der Waals surface area contributed by atoms with E-state index in [2.05, 4.69) is 4.98 Å². The highest BCUT2D eigenvalue weighted by Gasteiger charge is 2.09. The molecular formula is C19H17NO. The standard InChI is InChI=1S/C19H17NO/c1-13-8-10-17(14(2)20-13)18-11-9-16(12-19(18)21)15-6-4-3-5-7-15/h3-12,21H,1-2H3. The minimum atomic E-state index is 0.283. The maximum Gasteiger partial charge on any atom is 0.124 e. The Labute approximate surface area is 124 Å². The normalized spacial score (nSPS) is 10.6. The van der Waals surface area contributed by atoms with Gasteiger partial charge in [-0.3, -0.25) is 4.98 Å². The van der Waals surface area contributed by atoms with Crippen molar-refractivity contribution in [3.8, 4) is 28.0 Å². The molecule has 2 aromatic carbocycles. The first kappa shape index (κ1) is 13.4. The molecule has 104 valence electrons. The van der Waals surface area contributed by atoms with Gasteiger partial charge in [-0.15, -0.1) is 0 Å². The SMILES string of the molecule is Cc1ccc(-c2ccc(-c3ccccc3)cc2O)c(C)n1. The molecule has 3 aromatic rings. The minimum absolute atomic E-state index is 0.283. The molecule has 0 aliphatic carbocycles. The Morgan fingerprint density at radius 3 is 2.14 bits per heavy atom. The number of nitrogens with zero attached hydrogens (tertiary/aromatic N) is 1. The molecule has 0 spiro atoms. The second-order valence-corrected chi connectivity index (χ2v) is 5.18. The predicted molar refractivity (Wildman–Crippen MR) is 86.2 cm³/mol. The van der Waals surface area contributed by atoms with Crippen LogP contribution in [0.5, 0.6) is 5.75 Å². The summed E-state index contributed by atoms with van der Waals surface area (Å²) in [6.07, 6.45) is 0. The lowest BCUT2D eigenvalue weighted by Gasteiger charge is -2.10. The van der Waals surface area contributed by atoms with E-state index in [1.807, 2.05) is 74.5 Å². The second kappa shape index (κ2) is 5.41. The molecule has 1 aromatic heterocycles. The number of phenolic OH excluding ortho intramolecular Hbond substituents is 1. The van der Waals surface area contributed by atoms with Crippen LogP contribution in [0, 0.1) is 13.8 Å². The minimum Gasteiger partial charge on any atom is -0.507 e. The average molecular weight is 275 g/mol. The van der Waals surface area contributed by atoms with Crippen LogP contribution in [0.15, 0.2) is 60.7 Å². The van der Waals surface area contributed by atoms with Crippen LogP contribution in [0.2, 0.25) is 0 Å². The number of aromatic nitrogens is 1. The molecule has 0 saturated carbocycles. The molecule has 0 aliphatic rings. The molecule has 0 amide bonds. The van der Waals surface area contributed by atoms with Crippen LogP contribution in [0.3, 0.4) is 0 Å².